The van der Waals surface area contributed by atoms with Gasteiger partial charge in [-0.1, -0.05) is 25.1 Å². The quantitative estimate of drug-likeness (QED) is 0.619. The first-order valence-electron chi connectivity index (χ1n) is 7.84. The monoisotopic (exact) mass is 311 g/mol. The molecule has 5 heteroatoms. The van der Waals surface area contributed by atoms with Gasteiger partial charge in [-0.2, -0.15) is 0 Å². The molecule has 0 aliphatic heterocycles. The number of rotatable bonds is 10. The summed E-state index contributed by atoms with van der Waals surface area (Å²) in [5, 5.41) is 0. The molecule has 0 aromatic heterocycles. The molecule has 1 rings (SSSR count). The van der Waals surface area contributed by atoms with Crippen molar-refractivity contribution >= 4 is 14.5 Å². The normalized spacial score (nSPS) is 13.2. The molecule has 0 N–H and O–H groups in total. The number of hydrogen-bond acceptors (Lipinski definition) is 4. The van der Waals surface area contributed by atoms with Crippen molar-refractivity contribution in [2.24, 2.45) is 0 Å². The standard InChI is InChI=1S/C16H29NO3Si/c1-6-16(17(5)15-13-11-10-12-14-15)21(18-7-2,19-8-3)20-9-4/h10-14,16H,6-9H2,1-5H3. The van der Waals surface area contributed by atoms with Crippen LogP contribution in [0.25, 0.3) is 0 Å². The number of anilines is 1. The van der Waals surface area contributed by atoms with Gasteiger partial charge in [0.1, 0.15) is 0 Å². The van der Waals surface area contributed by atoms with Crippen molar-refractivity contribution in [3.63, 3.8) is 0 Å². The minimum atomic E-state index is -2.74. The van der Waals surface area contributed by atoms with E-state index in [2.05, 4.69) is 31.0 Å². The molecule has 1 aromatic carbocycles. The number of benzene rings is 1. The summed E-state index contributed by atoms with van der Waals surface area (Å²) in [6.45, 7) is 9.95. The van der Waals surface area contributed by atoms with Crippen LogP contribution in [0.15, 0.2) is 30.3 Å². The maximum atomic E-state index is 6.06. The predicted molar refractivity (Wildman–Crippen MR) is 89.6 cm³/mol. The molecule has 120 valence electrons. The van der Waals surface area contributed by atoms with Gasteiger partial charge in [-0.25, -0.2) is 0 Å². The van der Waals surface area contributed by atoms with E-state index in [1.54, 1.807) is 0 Å². The summed E-state index contributed by atoms with van der Waals surface area (Å²) in [6, 6.07) is 10.3. The largest absolute Gasteiger partial charge is 0.524 e. The first-order chi connectivity index (χ1) is 10.1. The highest BCUT2D eigenvalue weighted by Gasteiger charge is 2.50. The van der Waals surface area contributed by atoms with E-state index in [1.165, 1.54) is 0 Å². The molecule has 1 unspecified atom stereocenters. The first-order valence-corrected chi connectivity index (χ1v) is 9.65. The van der Waals surface area contributed by atoms with Crippen molar-refractivity contribution in [3.05, 3.63) is 30.3 Å². The van der Waals surface area contributed by atoms with Gasteiger partial charge in [0.15, 0.2) is 0 Å². The second kappa shape index (κ2) is 9.20. The zero-order valence-corrected chi connectivity index (χ0v) is 15.0. The Balaban J connectivity index is 3.10. The summed E-state index contributed by atoms with van der Waals surface area (Å²) in [7, 11) is -0.659. The van der Waals surface area contributed by atoms with E-state index in [0.717, 1.165) is 12.1 Å². The van der Waals surface area contributed by atoms with E-state index in [1.807, 2.05) is 39.0 Å². The minimum absolute atomic E-state index is 0.111. The molecule has 0 bridgehead atoms. The summed E-state index contributed by atoms with van der Waals surface area (Å²) in [4.78, 5) is 2.23. The highest BCUT2D eigenvalue weighted by Crippen LogP contribution is 2.26. The highest BCUT2D eigenvalue weighted by molar-refractivity contribution is 6.63. The van der Waals surface area contributed by atoms with Crippen molar-refractivity contribution < 1.29 is 13.3 Å². The van der Waals surface area contributed by atoms with E-state index in [-0.39, 0.29) is 5.67 Å². The predicted octanol–water partition coefficient (Wildman–Crippen LogP) is 3.49. The Labute approximate surface area is 130 Å². The van der Waals surface area contributed by atoms with Crippen LogP contribution in [0.3, 0.4) is 0 Å². The summed E-state index contributed by atoms with van der Waals surface area (Å²) in [6.07, 6.45) is 0.914. The van der Waals surface area contributed by atoms with Crippen LogP contribution in [0.2, 0.25) is 0 Å². The Bertz CT molecular complexity index is 371. The fraction of sp³-hybridized carbons (Fsp3) is 0.625. The van der Waals surface area contributed by atoms with Gasteiger partial charge in [-0.15, -0.1) is 0 Å². The van der Waals surface area contributed by atoms with Crippen LogP contribution in [0.5, 0.6) is 0 Å². The van der Waals surface area contributed by atoms with Crippen LogP contribution in [-0.2, 0) is 13.3 Å². The van der Waals surface area contributed by atoms with Gasteiger partial charge in [-0.05, 0) is 39.3 Å². The van der Waals surface area contributed by atoms with Gasteiger partial charge in [0, 0.05) is 32.6 Å². The highest BCUT2D eigenvalue weighted by atomic mass is 28.4. The lowest BCUT2D eigenvalue weighted by Crippen LogP contribution is -2.62. The summed E-state index contributed by atoms with van der Waals surface area (Å²) < 4.78 is 18.2. The van der Waals surface area contributed by atoms with Crippen LogP contribution in [0.4, 0.5) is 5.69 Å². The molecule has 0 aliphatic carbocycles. The molecule has 0 fully saturated rings. The molecule has 1 atom stereocenters. The summed E-state index contributed by atoms with van der Waals surface area (Å²) >= 11 is 0. The molecule has 0 saturated carbocycles. The van der Waals surface area contributed by atoms with Crippen molar-refractivity contribution in [1.29, 1.82) is 0 Å². The molecule has 4 nitrogen and oxygen atoms in total. The van der Waals surface area contributed by atoms with Gasteiger partial charge in [-0.3, -0.25) is 0 Å². The minimum Gasteiger partial charge on any atom is -0.373 e. The van der Waals surface area contributed by atoms with Gasteiger partial charge >= 0.3 is 8.80 Å². The maximum absolute atomic E-state index is 6.06. The molecule has 21 heavy (non-hydrogen) atoms. The Morgan fingerprint density at radius 1 is 0.905 bits per heavy atom. The fourth-order valence-electron chi connectivity index (χ4n) is 2.62. The molecule has 0 spiro atoms. The van der Waals surface area contributed by atoms with Crippen LogP contribution < -0.4 is 4.90 Å². The Morgan fingerprint density at radius 2 is 1.38 bits per heavy atom. The summed E-state index contributed by atoms with van der Waals surface area (Å²) in [5.74, 6) is 0. The second-order valence-corrected chi connectivity index (χ2v) is 7.51. The van der Waals surface area contributed by atoms with E-state index in [4.69, 9.17) is 13.3 Å². The first kappa shape index (κ1) is 18.2. The molecule has 0 radical (unpaired) electrons. The van der Waals surface area contributed by atoms with Gasteiger partial charge in [0.2, 0.25) is 0 Å². The third-order valence-corrected chi connectivity index (χ3v) is 7.15. The average Bonchev–Trinajstić information content (AvgIpc) is 2.49. The Morgan fingerprint density at radius 3 is 1.76 bits per heavy atom. The van der Waals surface area contributed by atoms with Gasteiger partial charge in [0.25, 0.3) is 0 Å². The van der Waals surface area contributed by atoms with E-state index in [0.29, 0.717) is 19.8 Å². The average molecular weight is 311 g/mol. The topological polar surface area (TPSA) is 30.9 Å². The maximum Gasteiger partial charge on any atom is 0.524 e. The van der Waals surface area contributed by atoms with E-state index in [9.17, 15) is 0 Å². The molecular formula is C16H29NO3Si. The summed E-state index contributed by atoms with van der Waals surface area (Å²) in [5.41, 5.74) is 1.26. The van der Waals surface area contributed by atoms with Gasteiger partial charge < -0.3 is 18.2 Å². The molecular weight excluding hydrogens is 282 g/mol. The van der Waals surface area contributed by atoms with Crippen molar-refractivity contribution in [2.45, 2.75) is 39.8 Å². The lowest BCUT2D eigenvalue weighted by Gasteiger charge is -2.40. The third kappa shape index (κ3) is 4.54. The molecule has 0 saturated heterocycles. The third-order valence-electron chi connectivity index (χ3n) is 3.46. The number of para-hydroxylation sites is 1. The van der Waals surface area contributed by atoms with Crippen LogP contribution >= 0.6 is 0 Å². The molecule has 0 amide bonds. The lowest BCUT2D eigenvalue weighted by atomic mass is 10.3. The van der Waals surface area contributed by atoms with E-state index < -0.39 is 8.80 Å². The SMILES string of the molecule is CCO[Si](OCC)(OCC)C(CC)N(C)c1ccccc1. The van der Waals surface area contributed by atoms with Crippen molar-refractivity contribution in [2.75, 3.05) is 31.8 Å². The number of hydrogen-bond donors (Lipinski definition) is 0. The molecule has 0 aliphatic rings. The fourth-order valence-corrected chi connectivity index (χ4v) is 5.78. The Hall–Kier alpha value is -0.883. The Kier molecular flexibility index (Phi) is 7.96. The van der Waals surface area contributed by atoms with Crippen LogP contribution in [-0.4, -0.2) is 41.3 Å². The zero-order valence-electron chi connectivity index (χ0n) is 14.0. The lowest BCUT2D eigenvalue weighted by molar-refractivity contribution is 0.0613. The van der Waals surface area contributed by atoms with E-state index >= 15 is 0 Å². The molecule has 1 aromatic rings. The molecule has 0 heterocycles. The zero-order chi connectivity index (χ0) is 15.7. The van der Waals surface area contributed by atoms with Crippen molar-refractivity contribution in [1.82, 2.24) is 0 Å². The van der Waals surface area contributed by atoms with Crippen LogP contribution in [0, 0.1) is 0 Å². The van der Waals surface area contributed by atoms with Gasteiger partial charge in [0.05, 0.1) is 5.67 Å². The second-order valence-electron chi connectivity index (χ2n) is 4.77. The van der Waals surface area contributed by atoms with Crippen LogP contribution in [0.1, 0.15) is 34.1 Å². The number of nitrogens with zero attached hydrogens (tertiary/aromatic N) is 1. The van der Waals surface area contributed by atoms with Crippen molar-refractivity contribution in [3.8, 4) is 0 Å². The smallest absolute Gasteiger partial charge is 0.373 e.